The van der Waals surface area contributed by atoms with E-state index in [1.807, 2.05) is 12.1 Å². The second-order valence-electron chi connectivity index (χ2n) is 4.46. The van der Waals surface area contributed by atoms with Crippen LogP contribution < -0.4 is 5.73 Å². The van der Waals surface area contributed by atoms with Gasteiger partial charge in [-0.3, -0.25) is 4.90 Å². The molecule has 16 heavy (non-hydrogen) atoms. The van der Waals surface area contributed by atoms with Crippen molar-refractivity contribution in [2.24, 2.45) is 11.7 Å². The van der Waals surface area contributed by atoms with E-state index in [9.17, 15) is 0 Å². The van der Waals surface area contributed by atoms with Gasteiger partial charge in [0.2, 0.25) is 0 Å². The Bertz CT molecular complexity index is 383. The number of nitrogens with two attached hydrogens (primary N) is 1. The summed E-state index contributed by atoms with van der Waals surface area (Å²) in [4.78, 5) is 2.37. The maximum atomic E-state index is 5.95. The summed E-state index contributed by atoms with van der Waals surface area (Å²) in [5.41, 5.74) is 7.05. The first kappa shape index (κ1) is 12.4. The number of hydrogen-bond acceptors (Lipinski definition) is 2. The lowest BCUT2D eigenvalue weighted by atomic mass is 10.00. The molecule has 1 aromatic rings. The lowest BCUT2D eigenvalue weighted by Crippen LogP contribution is -2.20. The molecule has 0 radical (unpaired) electrons. The van der Waals surface area contributed by atoms with E-state index in [-0.39, 0.29) is 0 Å². The highest BCUT2D eigenvalue weighted by molar-refractivity contribution is 9.10. The maximum absolute atomic E-state index is 5.95. The average molecular weight is 304 g/mol. The normalized spacial score (nSPS) is 26.2. The zero-order chi connectivity index (χ0) is 11.7. The van der Waals surface area contributed by atoms with Crippen molar-refractivity contribution in [3.05, 3.63) is 33.3 Å². The molecule has 1 heterocycles. The first-order valence-corrected chi connectivity index (χ1v) is 6.64. The van der Waals surface area contributed by atoms with Crippen molar-refractivity contribution >= 4 is 27.5 Å². The fourth-order valence-corrected chi connectivity index (χ4v) is 3.36. The second-order valence-corrected chi connectivity index (χ2v) is 5.75. The van der Waals surface area contributed by atoms with Crippen LogP contribution in [0.15, 0.2) is 22.7 Å². The van der Waals surface area contributed by atoms with Gasteiger partial charge in [-0.1, -0.05) is 33.6 Å². The van der Waals surface area contributed by atoms with E-state index in [4.69, 9.17) is 17.3 Å². The first-order chi connectivity index (χ1) is 7.61. The third kappa shape index (κ3) is 2.43. The molecule has 2 unspecified atom stereocenters. The minimum Gasteiger partial charge on any atom is -0.330 e. The number of likely N-dealkylation sites (tertiary alicyclic amines) is 1. The zero-order valence-electron chi connectivity index (χ0n) is 9.29. The molecule has 1 aromatic carbocycles. The fraction of sp³-hybridized carbons (Fsp3) is 0.500. The van der Waals surface area contributed by atoms with Crippen molar-refractivity contribution in [2.75, 3.05) is 20.1 Å². The average Bonchev–Trinajstić information content (AvgIpc) is 2.60. The number of halogens is 2. The standard InChI is InChI=1S/C12H16BrClN2/c1-16-7-8(6-15)4-12(16)10-3-2-9(14)5-11(10)13/h2-3,5,8,12H,4,6-7,15H2,1H3. The van der Waals surface area contributed by atoms with Crippen LogP contribution in [-0.2, 0) is 0 Å². The van der Waals surface area contributed by atoms with Crippen LogP contribution in [0, 0.1) is 5.92 Å². The number of nitrogens with zero attached hydrogens (tertiary/aromatic N) is 1. The number of benzene rings is 1. The van der Waals surface area contributed by atoms with Crippen molar-refractivity contribution in [2.45, 2.75) is 12.5 Å². The SMILES string of the molecule is CN1CC(CN)CC1c1ccc(Cl)cc1Br. The highest BCUT2D eigenvalue weighted by atomic mass is 79.9. The summed E-state index contributed by atoms with van der Waals surface area (Å²) in [5, 5.41) is 0.770. The molecule has 1 saturated heterocycles. The van der Waals surface area contributed by atoms with E-state index >= 15 is 0 Å². The van der Waals surface area contributed by atoms with Crippen LogP contribution in [0.3, 0.4) is 0 Å². The predicted molar refractivity (Wildman–Crippen MR) is 71.7 cm³/mol. The number of hydrogen-bond donors (Lipinski definition) is 1. The molecule has 1 aliphatic rings. The molecule has 0 aliphatic carbocycles. The molecule has 2 rings (SSSR count). The van der Waals surface area contributed by atoms with Gasteiger partial charge in [0.15, 0.2) is 0 Å². The van der Waals surface area contributed by atoms with E-state index in [1.54, 1.807) is 0 Å². The summed E-state index contributed by atoms with van der Waals surface area (Å²) in [6, 6.07) is 6.47. The van der Waals surface area contributed by atoms with Crippen molar-refractivity contribution < 1.29 is 0 Å². The van der Waals surface area contributed by atoms with Gasteiger partial charge < -0.3 is 5.73 Å². The highest BCUT2D eigenvalue weighted by Crippen LogP contribution is 2.37. The smallest absolute Gasteiger partial charge is 0.0417 e. The Balaban J connectivity index is 2.24. The van der Waals surface area contributed by atoms with Gasteiger partial charge >= 0.3 is 0 Å². The number of rotatable bonds is 2. The molecule has 0 aromatic heterocycles. The summed E-state index contributed by atoms with van der Waals surface area (Å²) < 4.78 is 1.09. The van der Waals surface area contributed by atoms with Crippen molar-refractivity contribution in [3.63, 3.8) is 0 Å². The topological polar surface area (TPSA) is 29.3 Å². The van der Waals surface area contributed by atoms with Gasteiger partial charge in [0.05, 0.1) is 0 Å². The van der Waals surface area contributed by atoms with Crippen molar-refractivity contribution in [1.29, 1.82) is 0 Å². The molecule has 2 atom stereocenters. The molecule has 1 aliphatic heterocycles. The summed E-state index contributed by atoms with van der Waals surface area (Å²) >= 11 is 9.54. The molecular formula is C12H16BrClN2. The van der Waals surface area contributed by atoms with E-state index < -0.39 is 0 Å². The van der Waals surface area contributed by atoms with E-state index in [1.165, 1.54) is 5.56 Å². The fourth-order valence-electron chi connectivity index (χ4n) is 2.41. The van der Waals surface area contributed by atoms with Crippen LogP contribution in [0.5, 0.6) is 0 Å². The molecule has 0 bridgehead atoms. The van der Waals surface area contributed by atoms with E-state index in [0.717, 1.165) is 29.0 Å². The minimum absolute atomic E-state index is 0.459. The Labute approximate surface area is 110 Å². The zero-order valence-corrected chi connectivity index (χ0v) is 11.6. The van der Waals surface area contributed by atoms with Gasteiger partial charge in [0, 0.05) is 22.1 Å². The predicted octanol–water partition coefficient (Wildman–Crippen LogP) is 3.05. The van der Waals surface area contributed by atoms with Gasteiger partial charge in [-0.25, -0.2) is 0 Å². The summed E-state index contributed by atoms with van der Waals surface area (Å²) in [5.74, 6) is 0.609. The van der Waals surface area contributed by atoms with Crippen LogP contribution >= 0.6 is 27.5 Å². The monoisotopic (exact) mass is 302 g/mol. The highest BCUT2D eigenvalue weighted by Gasteiger charge is 2.30. The van der Waals surface area contributed by atoms with Gasteiger partial charge in [-0.05, 0) is 43.6 Å². The van der Waals surface area contributed by atoms with Crippen molar-refractivity contribution in [3.8, 4) is 0 Å². The second kappa shape index (κ2) is 5.05. The molecule has 0 amide bonds. The lowest BCUT2D eigenvalue weighted by molar-refractivity contribution is 0.313. The Morgan fingerprint density at radius 2 is 2.31 bits per heavy atom. The Hall–Kier alpha value is -0.0900. The first-order valence-electron chi connectivity index (χ1n) is 5.47. The summed E-state index contributed by atoms with van der Waals surface area (Å²) in [6.07, 6.45) is 1.13. The molecule has 0 saturated carbocycles. The van der Waals surface area contributed by atoms with Gasteiger partial charge in [-0.2, -0.15) is 0 Å². The van der Waals surface area contributed by atoms with Crippen LogP contribution in [-0.4, -0.2) is 25.0 Å². The third-order valence-corrected chi connectivity index (χ3v) is 4.21. The molecule has 2 nitrogen and oxygen atoms in total. The lowest BCUT2D eigenvalue weighted by Gasteiger charge is -2.20. The van der Waals surface area contributed by atoms with Crippen LogP contribution in [0.4, 0.5) is 0 Å². The Morgan fingerprint density at radius 1 is 1.56 bits per heavy atom. The quantitative estimate of drug-likeness (QED) is 0.910. The Kier molecular flexibility index (Phi) is 3.90. The van der Waals surface area contributed by atoms with E-state index in [0.29, 0.717) is 12.0 Å². The molecule has 4 heteroatoms. The minimum atomic E-state index is 0.459. The largest absolute Gasteiger partial charge is 0.330 e. The Morgan fingerprint density at radius 3 is 2.88 bits per heavy atom. The van der Waals surface area contributed by atoms with Crippen LogP contribution in [0.1, 0.15) is 18.0 Å². The van der Waals surface area contributed by atoms with Gasteiger partial charge in [0.1, 0.15) is 0 Å². The van der Waals surface area contributed by atoms with Crippen LogP contribution in [0.25, 0.3) is 0 Å². The molecular weight excluding hydrogens is 288 g/mol. The van der Waals surface area contributed by atoms with Crippen molar-refractivity contribution in [1.82, 2.24) is 4.90 Å². The van der Waals surface area contributed by atoms with Gasteiger partial charge in [-0.15, -0.1) is 0 Å². The molecule has 2 N–H and O–H groups in total. The molecule has 1 fully saturated rings. The third-order valence-electron chi connectivity index (χ3n) is 3.29. The molecule has 0 spiro atoms. The van der Waals surface area contributed by atoms with E-state index in [2.05, 4.69) is 33.9 Å². The van der Waals surface area contributed by atoms with Gasteiger partial charge in [0.25, 0.3) is 0 Å². The maximum Gasteiger partial charge on any atom is 0.0417 e. The summed E-state index contributed by atoms with van der Waals surface area (Å²) in [7, 11) is 2.15. The molecule has 88 valence electrons. The summed E-state index contributed by atoms with van der Waals surface area (Å²) in [6.45, 7) is 1.85. The van der Waals surface area contributed by atoms with Crippen LogP contribution in [0.2, 0.25) is 5.02 Å².